The molecule has 0 spiro atoms. The molecule has 0 aliphatic rings. The Morgan fingerprint density at radius 3 is 0.925 bits per heavy atom. The number of carbonyl (C=O) groups excluding carboxylic acids is 16. The molecule has 0 saturated heterocycles. The van der Waals surface area contributed by atoms with E-state index < -0.39 is 328 Å². The van der Waals surface area contributed by atoms with Crippen LogP contribution in [0.25, 0.3) is 0 Å². The van der Waals surface area contributed by atoms with Gasteiger partial charge in [0.05, 0.1) is 43.2 Å². The van der Waals surface area contributed by atoms with Crippen molar-refractivity contribution >= 4 is 130 Å². The molecule has 32 N–H and O–H groups in total. The average Bonchev–Trinajstić information content (AvgIpc) is 1.10. The van der Waals surface area contributed by atoms with E-state index >= 15 is 4.79 Å². The maximum Gasteiger partial charge on any atom is 0.326 e. The second-order valence-corrected chi connectivity index (χ2v) is 35.1. The van der Waals surface area contributed by atoms with Crippen molar-refractivity contribution in [2.24, 2.45) is 35.0 Å². The van der Waals surface area contributed by atoms with Crippen molar-refractivity contribution in [2.75, 3.05) is 13.2 Å². The zero-order valence-electron chi connectivity index (χ0n) is 81.7. The van der Waals surface area contributed by atoms with Crippen LogP contribution in [-0.4, -0.2) is 302 Å². The summed E-state index contributed by atoms with van der Waals surface area (Å²) in [7, 11) is 0. The minimum Gasteiger partial charge on any atom is -0.481 e. The molecule has 0 saturated carbocycles. The van der Waals surface area contributed by atoms with Crippen molar-refractivity contribution < 1.29 is 136 Å². The Morgan fingerprint density at radius 2 is 0.616 bits per heavy atom. The number of aliphatic carboxylic acids is 5. The number of guanidine groups is 1. The van der Waals surface area contributed by atoms with Gasteiger partial charge in [0.2, 0.25) is 94.5 Å². The fraction of sp³-hybridized carbons (Fsp3) is 0.511. The lowest BCUT2D eigenvalue weighted by molar-refractivity contribution is -0.143. The number of hydrogen-bond acceptors (Lipinski definition) is 27. The number of carboxylic acid groups (broad SMARTS) is 5. The van der Waals surface area contributed by atoms with Gasteiger partial charge in [-0.25, -0.2) is 14.8 Å². The lowest BCUT2D eigenvalue weighted by Gasteiger charge is -2.30. The van der Waals surface area contributed by atoms with E-state index in [-0.39, 0.29) is 63.6 Å². The van der Waals surface area contributed by atoms with E-state index in [1.165, 1.54) is 56.2 Å². The number of nitrogens with two attached hydrogens (primary N) is 3. The summed E-state index contributed by atoms with van der Waals surface area (Å²) in [6.07, 6.45) is -5.41. The first-order valence-electron chi connectivity index (χ1n) is 47.3. The molecule has 3 aromatic carbocycles. The first-order chi connectivity index (χ1) is 69.1. The molecule has 52 heteroatoms. The molecule has 2 heterocycles. The monoisotopic (exact) mass is 2050 g/mol. The van der Waals surface area contributed by atoms with Gasteiger partial charge in [-0.3, -0.25) is 101 Å². The highest BCUT2D eigenvalue weighted by molar-refractivity contribution is 6.02. The number of H-pyrrole nitrogens is 2. The maximum absolute atomic E-state index is 15.0. The minimum atomic E-state index is -2.32. The third-order valence-electron chi connectivity index (χ3n) is 23.7. The summed E-state index contributed by atoms with van der Waals surface area (Å²) in [6, 6.07) is -4.32. The molecule has 0 bridgehead atoms. The molecule has 52 nitrogen and oxygen atoms in total. The SMILES string of the molecule is CC[C@H](C)[C@H](NC(=O)[C@H](Cc1ccccc1)NC(=O)[C@H](CCC(=O)O)NC(=O)[C@@H](NC(=O)[C@H](CCC(=O)O)NC(=O)[C@H](CC(=O)O)NC(=O)[C@H](CCC(=O)O)NC(=O)[C@H](Cc1ccccc1)NC(=O)[C@@H](NC(=O)[C@H](Cc1c[nH]cn1)NC(=O)[C@@H](NC(=O)[C@H](CCCNC(=N)N)NC(=O)[C@H](Cc1ccccc1)NC(=O)[C@H](Cc1c[nH]cn1)NC(=O)[C@@H](N)CO)[C@@H](C)CC)[C@@H](C)O)[C@@H](C)CC)C(=O)N[C@@H](CCC(N)=O)C(=O)O. The van der Waals surface area contributed by atoms with Crippen molar-refractivity contribution in [3.8, 4) is 0 Å². The standard InChI is InChI=1S/C94H134N24O28/c1-8-48(4)74(89(141)107-60(30-34-71(124)125)80(132)110-65(39-54-25-18-13-19-26-54)87(139)117-75(49(5)9-2)90(142)108-62(93(145)146)28-32-69(96)121)116-82(134)61(31-35-72(126)127)106-86(138)68(42-73(128)129)112-79(131)59(29-33-70(122)123)105-84(136)64(38-53-23-16-12-17-24-53)113-92(144)77(51(7)120)118-88(140)67(41-56-44-100-47-103-56)114-91(143)76(50(6)10-3)115-81(133)58(27-20-36-101-94(97)98)104-83(135)63(37-52-21-14-11-15-22-52)111-85(137)66(40-55-43-99-46-102-55)109-78(130)57(95)45-119/h11-19,21-26,43-44,46-51,57-68,74-77,119-120H,8-10,20,27-42,45,95H2,1-7H3,(H2,96,121)(H,99,102)(H,100,103)(H,104,135)(H,105,136)(H,106,138)(H,107,141)(H,108,142)(H,109,130)(H,110,132)(H,111,137)(H,112,131)(H,113,144)(H,114,143)(H,115,133)(H,116,134)(H,117,139)(H,118,140)(H,122,123)(H,124,125)(H,126,127)(H,128,129)(H,145,146)(H4,97,98,101)/t48-,49-,50-,51+,57-,58-,59-,60-,61-,62-,63-,64-,65-,66-,67-,68-,74-,75-,76-,77-/m0/s1. The summed E-state index contributed by atoms with van der Waals surface area (Å²) in [4.78, 5) is 305. The number of carbonyl (C=O) groups is 21. The molecule has 0 fully saturated rings. The van der Waals surface area contributed by atoms with Gasteiger partial charge >= 0.3 is 29.8 Å². The Labute approximate surface area is 839 Å². The van der Waals surface area contributed by atoms with Gasteiger partial charge in [0.15, 0.2) is 5.96 Å². The Morgan fingerprint density at radius 1 is 0.342 bits per heavy atom. The molecule has 16 amide bonds. The number of aromatic nitrogens is 4. The molecular formula is C94H134N24O28. The van der Waals surface area contributed by atoms with E-state index in [1.807, 2.05) is 0 Å². The maximum atomic E-state index is 15.0. The number of aromatic amines is 2. The van der Waals surface area contributed by atoms with Crippen molar-refractivity contribution in [2.45, 2.75) is 273 Å². The van der Waals surface area contributed by atoms with Gasteiger partial charge in [0.1, 0.15) is 96.7 Å². The Bertz CT molecular complexity index is 5240. The van der Waals surface area contributed by atoms with Gasteiger partial charge in [0, 0.05) is 76.7 Å². The summed E-state index contributed by atoms with van der Waals surface area (Å²) < 4.78 is 0. The first-order valence-corrected chi connectivity index (χ1v) is 47.3. The lowest BCUT2D eigenvalue weighted by Crippen LogP contribution is -2.63. The van der Waals surface area contributed by atoms with Gasteiger partial charge < -0.3 is 148 Å². The Hall–Kier alpha value is -15.9. The van der Waals surface area contributed by atoms with Crippen molar-refractivity contribution in [1.29, 1.82) is 5.41 Å². The van der Waals surface area contributed by atoms with E-state index in [0.29, 0.717) is 22.4 Å². The highest BCUT2D eigenvalue weighted by atomic mass is 16.4. The van der Waals surface area contributed by atoms with Gasteiger partial charge in [0.25, 0.3) is 0 Å². The van der Waals surface area contributed by atoms with Crippen LogP contribution in [0.15, 0.2) is 116 Å². The van der Waals surface area contributed by atoms with E-state index in [1.54, 1.807) is 101 Å². The van der Waals surface area contributed by atoms with E-state index in [0.717, 1.165) is 6.92 Å². The van der Waals surface area contributed by atoms with Crippen LogP contribution in [0.4, 0.5) is 0 Å². The Kier molecular flexibility index (Phi) is 51.1. The zero-order chi connectivity index (χ0) is 109. The minimum absolute atomic E-state index is 0.0199. The fourth-order valence-electron chi connectivity index (χ4n) is 14.7. The number of nitrogens with zero attached hydrogens (tertiary/aromatic N) is 2. The van der Waals surface area contributed by atoms with Crippen LogP contribution in [0.1, 0.15) is 166 Å². The molecule has 146 heavy (non-hydrogen) atoms. The summed E-state index contributed by atoms with van der Waals surface area (Å²) in [6.45, 7) is 9.64. The predicted molar refractivity (Wildman–Crippen MR) is 517 cm³/mol. The normalized spacial score (nSPS) is 15.2. The number of imidazole rings is 2. The largest absolute Gasteiger partial charge is 0.481 e. The highest BCUT2D eigenvalue weighted by Gasteiger charge is 2.43. The zero-order valence-corrected chi connectivity index (χ0v) is 81.7. The summed E-state index contributed by atoms with van der Waals surface area (Å²) in [5.74, 6) is -29.2. The quantitative estimate of drug-likeness (QED) is 0.00981. The molecule has 5 aromatic rings. The number of carboxylic acids is 5. The van der Waals surface area contributed by atoms with Crippen LogP contribution in [0.3, 0.4) is 0 Å². The number of amides is 16. The third kappa shape index (κ3) is 42.3. The molecule has 20 atom stereocenters. The molecular weight excluding hydrogens is 1910 g/mol. The van der Waals surface area contributed by atoms with Crippen molar-refractivity contribution in [3.05, 3.63) is 144 Å². The second kappa shape index (κ2) is 61.8. The number of aliphatic hydroxyl groups is 2. The first kappa shape index (κ1) is 121. The van der Waals surface area contributed by atoms with Crippen molar-refractivity contribution in [1.82, 2.24) is 105 Å². The summed E-state index contributed by atoms with van der Waals surface area (Å²) >= 11 is 0. The van der Waals surface area contributed by atoms with Gasteiger partial charge in [-0.1, -0.05) is 152 Å². The van der Waals surface area contributed by atoms with Crippen LogP contribution in [-0.2, 0) is 133 Å². The summed E-state index contributed by atoms with van der Waals surface area (Å²) in [5.41, 5.74) is 18.2. The van der Waals surface area contributed by atoms with Crippen LogP contribution in [0.5, 0.6) is 0 Å². The van der Waals surface area contributed by atoms with Crippen LogP contribution in [0, 0.1) is 23.2 Å². The fourth-order valence-corrected chi connectivity index (χ4v) is 14.7. The van der Waals surface area contributed by atoms with E-state index in [4.69, 9.17) is 22.6 Å². The second-order valence-electron chi connectivity index (χ2n) is 35.1. The molecule has 5 rings (SSSR count). The van der Waals surface area contributed by atoms with Gasteiger partial charge in [-0.2, -0.15) is 0 Å². The number of primary amides is 1. The molecule has 0 aliphatic carbocycles. The van der Waals surface area contributed by atoms with E-state index in [9.17, 15) is 132 Å². The molecule has 798 valence electrons. The molecule has 0 aliphatic heterocycles. The number of nitrogens with one attached hydrogen (secondary N) is 19. The molecule has 0 unspecified atom stereocenters. The lowest BCUT2D eigenvalue weighted by atomic mass is 9.96. The number of rotatable bonds is 67. The summed E-state index contributed by atoms with van der Waals surface area (Å²) in [5, 5.41) is 118. The average molecular weight is 2050 g/mol. The van der Waals surface area contributed by atoms with Crippen LogP contribution < -0.4 is 102 Å². The highest BCUT2D eigenvalue weighted by Crippen LogP contribution is 2.20. The predicted octanol–water partition coefficient (Wildman–Crippen LogP) is -5.56. The topological polar surface area (TPSA) is 852 Å². The van der Waals surface area contributed by atoms with Gasteiger partial charge in [-0.05, 0) is 79.9 Å². The number of benzene rings is 3. The number of hydrogen-bond donors (Lipinski definition) is 29. The Balaban J connectivity index is 1.43. The number of aliphatic hydroxyl groups excluding tert-OH is 2. The van der Waals surface area contributed by atoms with E-state index in [2.05, 4.69) is 105 Å². The third-order valence-corrected chi connectivity index (χ3v) is 23.7. The van der Waals surface area contributed by atoms with Gasteiger partial charge in [-0.15, -0.1) is 0 Å². The smallest absolute Gasteiger partial charge is 0.326 e. The molecule has 2 aromatic heterocycles. The van der Waals surface area contributed by atoms with Crippen LogP contribution >= 0.6 is 0 Å². The van der Waals surface area contributed by atoms with Crippen molar-refractivity contribution in [3.63, 3.8) is 0 Å². The molecule has 0 radical (unpaired) electrons. The van der Waals surface area contributed by atoms with Crippen LogP contribution in [0.2, 0.25) is 0 Å².